The minimum absolute atomic E-state index is 0.236. The monoisotopic (exact) mass is 318 g/mol. The third-order valence-corrected chi connectivity index (χ3v) is 5.32. The molecule has 24 heavy (non-hydrogen) atoms. The molecule has 0 amide bonds. The summed E-state index contributed by atoms with van der Waals surface area (Å²) in [6, 6.07) is 13.7. The molecule has 1 aliphatic rings. The Hall–Kier alpha value is -1.82. The summed E-state index contributed by atoms with van der Waals surface area (Å²) in [5, 5.41) is 0. The molecule has 0 heterocycles. The Labute approximate surface area is 147 Å². The number of benzene rings is 2. The van der Waals surface area contributed by atoms with Crippen molar-refractivity contribution in [3.05, 3.63) is 64.2 Å². The highest BCUT2D eigenvalue weighted by Crippen LogP contribution is 2.43. The minimum Gasteiger partial charge on any atom is -0.0619 e. The van der Waals surface area contributed by atoms with E-state index < -0.39 is 0 Å². The second kappa shape index (κ2) is 6.24. The van der Waals surface area contributed by atoms with Crippen molar-refractivity contribution in [3.8, 4) is 11.1 Å². The van der Waals surface area contributed by atoms with Crippen LogP contribution in [-0.4, -0.2) is 0 Å². The van der Waals surface area contributed by atoms with E-state index in [1.807, 2.05) is 0 Å². The molecule has 0 nitrogen and oxygen atoms in total. The van der Waals surface area contributed by atoms with Crippen molar-refractivity contribution in [1.82, 2.24) is 0 Å². The van der Waals surface area contributed by atoms with Crippen LogP contribution in [0.25, 0.3) is 17.2 Å². The van der Waals surface area contributed by atoms with Gasteiger partial charge in [-0.05, 0) is 57.6 Å². The van der Waals surface area contributed by atoms with Crippen LogP contribution >= 0.6 is 0 Å². The molecule has 0 saturated heterocycles. The van der Waals surface area contributed by atoms with Crippen LogP contribution in [0.2, 0.25) is 0 Å². The van der Waals surface area contributed by atoms with E-state index in [-0.39, 0.29) is 5.41 Å². The molecular weight excluding hydrogens is 288 g/mol. The predicted octanol–water partition coefficient (Wildman–Crippen LogP) is 7.03. The Bertz CT molecular complexity index is 782. The lowest BCUT2D eigenvalue weighted by Crippen LogP contribution is -2.08. The zero-order valence-corrected chi connectivity index (χ0v) is 16.0. The summed E-state index contributed by atoms with van der Waals surface area (Å²) in [5.41, 5.74) is 10.6. The van der Waals surface area contributed by atoms with Crippen LogP contribution in [0.3, 0.4) is 0 Å². The first-order chi connectivity index (χ1) is 11.3. The fourth-order valence-electron chi connectivity index (χ4n) is 3.78. The van der Waals surface area contributed by atoms with Crippen LogP contribution in [0.5, 0.6) is 0 Å². The average molecular weight is 319 g/mol. The van der Waals surface area contributed by atoms with Gasteiger partial charge in [-0.3, -0.25) is 0 Å². The number of fused-ring (bicyclic) bond motifs is 1. The van der Waals surface area contributed by atoms with Gasteiger partial charge in [-0.25, -0.2) is 0 Å². The molecule has 0 unspecified atom stereocenters. The third kappa shape index (κ3) is 2.95. The highest BCUT2D eigenvalue weighted by molar-refractivity contribution is 5.85. The van der Waals surface area contributed by atoms with E-state index in [1.54, 1.807) is 5.57 Å². The van der Waals surface area contributed by atoms with Crippen LogP contribution in [-0.2, 0) is 12.8 Å². The first-order valence-corrected chi connectivity index (χ1v) is 9.28. The van der Waals surface area contributed by atoms with E-state index in [4.69, 9.17) is 0 Å². The molecule has 0 spiro atoms. The molecule has 0 N–H and O–H groups in total. The maximum atomic E-state index is 2.47. The van der Waals surface area contributed by atoms with Crippen molar-refractivity contribution in [2.45, 2.75) is 60.3 Å². The van der Waals surface area contributed by atoms with Gasteiger partial charge in [0.2, 0.25) is 0 Å². The summed E-state index contributed by atoms with van der Waals surface area (Å²) in [5.74, 6) is 0.536. The Balaban J connectivity index is 2.27. The van der Waals surface area contributed by atoms with Crippen LogP contribution in [0.15, 0.2) is 42.0 Å². The molecule has 0 aromatic heterocycles. The molecular formula is C24H30. The Morgan fingerprint density at radius 3 is 2.33 bits per heavy atom. The maximum absolute atomic E-state index is 2.47. The lowest BCUT2D eigenvalue weighted by molar-refractivity contribution is 0.498. The van der Waals surface area contributed by atoms with Crippen molar-refractivity contribution in [3.63, 3.8) is 0 Å². The van der Waals surface area contributed by atoms with E-state index in [2.05, 4.69) is 84.0 Å². The highest BCUT2D eigenvalue weighted by atomic mass is 14.3. The summed E-state index contributed by atoms with van der Waals surface area (Å²) in [6.45, 7) is 13.8. The van der Waals surface area contributed by atoms with E-state index >= 15 is 0 Å². The standard InChI is InChI=1S/C24H30/c1-7-17-12-13-18-14-19(24(4,5)6)15-22(18)23(17)21-11-9-8-10-20(21)16(2)3/h8-13,15-16H,7,14H2,1-6H3. The number of aryl methyl sites for hydroxylation is 1. The zero-order chi connectivity index (χ0) is 17.5. The Kier molecular flexibility index (Phi) is 4.42. The first-order valence-electron chi connectivity index (χ1n) is 9.28. The maximum Gasteiger partial charge on any atom is -0.00523 e. The van der Waals surface area contributed by atoms with Gasteiger partial charge in [0.1, 0.15) is 0 Å². The summed E-state index contributed by atoms with van der Waals surface area (Å²) < 4.78 is 0. The molecule has 2 aromatic carbocycles. The van der Waals surface area contributed by atoms with Crippen LogP contribution in [0.1, 0.15) is 69.7 Å². The summed E-state index contributed by atoms with van der Waals surface area (Å²) >= 11 is 0. The second-order valence-electron chi connectivity index (χ2n) is 8.36. The van der Waals surface area contributed by atoms with Gasteiger partial charge in [-0.15, -0.1) is 0 Å². The molecule has 0 heteroatoms. The smallest absolute Gasteiger partial charge is 0.00523 e. The van der Waals surface area contributed by atoms with E-state index in [1.165, 1.54) is 33.4 Å². The van der Waals surface area contributed by atoms with Crippen molar-refractivity contribution >= 4 is 6.08 Å². The number of rotatable bonds is 3. The van der Waals surface area contributed by atoms with Crippen LogP contribution in [0, 0.1) is 5.41 Å². The number of hydrogen-bond acceptors (Lipinski definition) is 0. The lowest BCUT2D eigenvalue weighted by atomic mass is 9.85. The molecule has 1 aliphatic carbocycles. The molecule has 0 atom stereocenters. The largest absolute Gasteiger partial charge is 0.0619 e. The van der Waals surface area contributed by atoms with Gasteiger partial charge < -0.3 is 0 Å². The van der Waals surface area contributed by atoms with Crippen molar-refractivity contribution in [2.24, 2.45) is 5.41 Å². The fraction of sp³-hybridized carbons (Fsp3) is 0.417. The molecule has 0 saturated carbocycles. The molecule has 0 fully saturated rings. The van der Waals surface area contributed by atoms with Crippen molar-refractivity contribution < 1.29 is 0 Å². The lowest BCUT2D eigenvalue weighted by Gasteiger charge is -2.19. The summed E-state index contributed by atoms with van der Waals surface area (Å²) in [7, 11) is 0. The molecule has 126 valence electrons. The minimum atomic E-state index is 0.236. The van der Waals surface area contributed by atoms with Crippen molar-refractivity contribution in [1.29, 1.82) is 0 Å². The third-order valence-electron chi connectivity index (χ3n) is 5.32. The van der Waals surface area contributed by atoms with E-state index in [0.717, 1.165) is 12.8 Å². The first kappa shape index (κ1) is 17.0. The SMILES string of the molecule is CCc1ccc2c(c1-c1ccccc1C(C)C)C=C(C(C)(C)C)C2. The topological polar surface area (TPSA) is 0 Å². The Morgan fingerprint density at radius 2 is 1.71 bits per heavy atom. The van der Waals surface area contributed by atoms with Crippen LogP contribution in [0.4, 0.5) is 0 Å². The molecule has 3 rings (SSSR count). The quantitative estimate of drug-likeness (QED) is 0.570. The molecule has 0 bridgehead atoms. The highest BCUT2D eigenvalue weighted by Gasteiger charge is 2.26. The van der Waals surface area contributed by atoms with E-state index in [0.29, 0.717) is 5.92 Å². The van der Waals surface area contributed by atoms with Crippen molar-refractivity contribution in [2.75, 3.05) is 0 Å². The molecule has 0 aliphatic heterocycles. The summed E-state index contributed by atoms with van der Waals surface area (Å²) in [6.07, 6.45) is 4.65. The fourth-order valence-corrected chi connectivity index (χ4v) is 3.78. The normalized spacial score (nSPS) is 14.0. The second-order valence-corrected chi connectivity index (χ2v) is 8.36. The molecule has 2 aromatic rings. The van der Waals surface area contributed by atoms with Gasteiger partial charge in [0.15, 0.2) is 0 Å². The van der Waals surface area contributed by atoms with Gasteiger partial charge >= 0.3 is 0 Å². The van der Waals surface area contributed by atoms with Gasteiger partial charge in [-0.1, -0.05) is 89.6 Å². The average Bonchev–Trinajstić information content (AvgIpc) is 2.98. The molecule has 0 radical (unpaired) electrons. The number of allylic oxidation sites excluding steroid dienone is 1. The van der Waals surface area contributed by atoms with Gasteiger partial charge in [-0.2, -0.15) is 0 Å². The Morgan fingerprint density at radius 1 is 1.00 bits per heavy atom. The number of hydrogen-bond donors (Lipinski definition) is 0. The van der Waals surface area contributed by atoms with Gasteiger partial charge in [0.05, 0.1) is 0 Å². The summed E-state index contributed by atoms with van der Waals surface area (Å²) in [4.78, 5) is 0. The predicted molar refractivity (Wildman–Crippen MR) is 106 cm³/mol. The van der Waals surface area contributed by atoms with Crippen LogP contribution < -0.4 is 0 Å². The zero-order valence-electron chi connectivity index (χ0n) is 16.0. The van der Waals surface area contributed by atoms with E-state index in [9.17, 15) is 0 Å². The van der Waals surface area contributed by atoms with Gasteiger partial charge in [0, 0.05) is 0 Å². The van der Waals surface area contributed by atoms with Gasteiger partial charge in [0.25, 0.3) is 0 Å².